The van der Waals surface area contributed by atoms with Gasteiger partial charge in [-0.15, -0.1) is 0 Å². The van der Waals surface area contributed by atoms with Crippen LogP contribution in [0, 0.1) is 0 Å². The van der Waals surface area contributed by atoms with Crippen molar-refractivity contribution in [1.29, 1.82) is 0 Å². The van der Waals surface area contributed by atoms with E-state index in [4.69, 9.17) is 4.74 Å². The fourth-order valence-corrected chi connectivity index (χ4v) is 4.97. The molecule has 32 heavy (non-hydrogen) atoms. The van der Waals surface area contributed by atoms with Crippen molar-refractivity contribution in [3.8, 4) is 0 Å². The van der Waals surface area contributed by atoms with Gasteiger partial charge in [-0.1, -0.05) is 31.9 Å². The first-order chi connectivity index (χ1) is 15.1. The molecule has 6 nitrogen and oxygen atoms in total. The molecule has 172 valence electrons. The van der Waals surface area contributed by atoms with Crippen molar-refractivity contribution in [3.05, 3.63) is 45.3 Å². The van der Waals surface area contributed by atoms with Gasteiger partial charge in [-0.05, 0) is 57.2 Å². The van der Waals surface area contributed by atoms with E-state index in [9.17, 15) is 9.90 Å². The minimum absolute atomic E-state index is 0.264. The minimum atomic E-state index is -0.519. The van der Waals surface area contributed by atoms with Gasteiger partial charge in [0.25, 0.3) is 0 Å². The number of halogens is 2. The van der Waals surface area contributed by atoms with Crippen LogP contribution in [0.4, 0.5) is 4.79 Å². The zero-order chi connectivity index (χ0) is 23.0. The van der Waals surface area contributed by atoms with E-state index in [1.165, 1.54) is 0 Å². The number of hydrogen-bond acceptors (Lipinski definition) is 4. The van der Waals surface area contributed by atoms with Crippen LogP contribution in [0.25, 0.3) is 21.8 Å². The molecule has 1 N–H and O–H groups in total. The smallest absolute Gasteiger partial charge is 0.410 e. The largest absolute Gasteiger partial charge is 0.444 e. The highest BCUT2D eigenvalue weighted by atomic mass is 79.9. The fraction of sp³-hybridized carbons (Fsp3) is 0.458. The van der Waals surface area contributed by atoms with Crippen molar-refractivity contribution in [2.75, 3.05) is 32.7 Å². The highest BCUT2D eigenvalue weighted by Crippen LogP contribution is 2.33. The molecule has 4 rings (SSSR count). The summed E-state index contributed by atoms with van der Waals surface area (Å²) in [6, 6.07) is 12.5. The first kappa shape index (κ1) is 23.5. The van der Waals surface area contributed by atoms with E-state index in [1.54, 1.807) is 4.90 Å². The topological polar surface area (TPSA) is 57.9 Å². The summed E-state index contributed by atoms with van der Waals surface area (Å²) in [5.41, 5.74) is 1.72. The number of ether oxygens (including phenoxy) is 1. The Bertz CT molecular complexity index is 1070. The first-order valence-electron chi connectivity index (χ1n) is 10.9. The van der Waals surface area contributed by atoms with Gasteiger partial charge in [-0.2, -0.15) is 0 Å². The maximum Gasteiger partial charge on any atom is 0.410 e. The van der Waals surface area contributed by atoms with Crippen LogP contribution in [0.15, 0.2) is 45.3 Å². The molecule has 0 aliphatic carbocycles. The van der Waals surface area contributed by atoms with Crippen LogP contribution >= 0.6 is 31.9 Å². The average molecular weight is 567 g/mol. The van der Waals surface area contributed by atoms with Crippen molar-refractivity contribution in [2.45, 2.75) is 39.0 Å². The number of hydrogen-bond donors (Lipinski definition) is 1. The molecule has 2 aromatic carbocycles. The van der Waals surface area contributed by atoms with Gasteiger partial charge in [-0.3, -0.25) is 4.90 Å². The second-order valence-corrected chi connectivity index (χ2v) is 11.2. The van der Waals surface area contributed by atoms with Crippen molar-refractivity contribution in [1.82, 2.24) is 14.4 Å². The van der Waals surface area contributed by atoms with Gasteiger partial charge in [0.15, 0.2) is 0 Å². The number of aromatic nitrogens is 1. The summed E-state index contributed by atoms with van der Waals surface area (Å²) < 4.78 is 9.74. The molecule has 0 spiro atoms. The molecule has 2 heterocycles. The molecule has 1 aromatic heterocycles. The zero-order valence-electron chi connectivity index (χ0n) is 18.6. The van der Waals surface area contributed by atoms with Gasteiger partial charge >= 0.3 is 6.09 Å². The number of amides is 1. The maximum atomic E-state index is 12.3. The molecule has 1 amide bonds. The predicted molar refractivity (Wildman–Crippen MR) is 135 cm³/mol. The lowest BCUT2D eigenvalue weighted by Crippen LogP contribution is -2.51. The van der Waals surface area contributed by atoms with Gasteiger partial charge in [-0.25, -0.2) is 4.79 Å². The van der Waals surface area contributed by atoms with E-state index >= 15 is 0 Å². The summed E-state index contributed by atoms with van der Waals surface area (Å²) in [6.07, 6.45) is -0.783. The molecule has 1 aliphatic heterocycles. The molecule has 0 bridgehead atoms. The van der Waals surface area contributed by atoms with Gasteiger partial charge < -0.3 is 19.3 Å². The summed E-state index contributed by atoms with van der Waals surface area (Å²) in [5, 5.41) is 13.3. The van der Waals surface area contributed by atoms with E-state index < -0.39 is 11.7 Å². The highest BCUT2D eigenvalue weighted by Gasteiger charge is 2.27. The lowest BCUT2D eigenvalue weighted by atomic mass is 10.2. The Labute approximate surface area is 205 Å². The van der Waals surface area contributed by atoms with Crippen LogP contribution in [0.1, 0.15) is 20.8 Å². The van der Waals surface area contributed by atoms with E-state index in [0.717, 1.165) is 43.8 Å². The second-order valence-electron chi connectivity index (χ2n) is 9.36. The summed E-state index contributed by atoms with van der Waals surface area (Å²) in [4.78, 5) is 16.2. The predicted octanol–water partition coefficient (Wildman–Crippen LogP) is 5.23. The van der Waals surface area contributed by atoms with Crippen molar-refractivity contribution in [3.63, 3.8) is 0 Å². The van der Waals surface area contributed by atoms with Crippen LogP contribution in [0.3, 0.4) is 0 Å². The molecule has 1 atom stereocenters. The van der Waals surface area contributed by atoms with Crippen LogP contribution in [-0.2, 0) is 11.3 Å². The average Bonchev–Trinajstić information content (AvgIpc) is 2.99. The number of rotatable bonds is 4. The quantitative estimate of drug-likeness (QED) is 0.469. The van der Waals surface area contributed by atoms with Crippen LogP contribution in [-0.4, -0.2) is 70.0 Å². The standard InChI is InChI=1S/C24H29Br2N3O3/c1-24(2,3)32-23(31)28-10-8-27(9-11-28)14-18(30)15-29-21-6-4-16(25)12-19(21)20-13-17(26)5-7-22(20)29/h4-7,12-13,18,30H,8-11,14-15H2,1-3H3/t18-/m0/s1. The van der Waals surface area contributed by atoms with E-state index in [2.05, 4.69) is 65.6 Å². The lowest BCUT2D eigenvalue weighted by molar-refractivity contribution is 0.00950. The van der Waals surface area contributed by atoms with Gasteiger partial charge in [0, 0.05) is 63.5 Å². The zero-order valence-corrected chi connectivity index (χ0v) is 21.8. The molecule has 3 aromatic rings. The van der Waals surface area contributed by atoms with Crippen molar-refractivity contribution < 1.29 is 14.6 Å². The molecule has 0 unspecified atom stereocenters. The molecular formula is C24H29Br2N3O3. The maximum absolute atomic E-state index is 12.3. The first-order valence-corrected chi connectivity index (χ1v) is 12.4. The Balaban J connectivity index is 1.44. The van der Waals surface area contributed by atoms with E-state index in [0.29, 0.717) is 26.2 Å². The van der Waals surface area contributed by atoms with Gasteiger partial charge in [0.1, 0.15) is 5.60 Å². The molecule has 1 fully saturated rings. The molecular weight excluding hydrogens is 538 g/mol. The van der Waals surface area contributed by atoms with Crippen LogP contribution in [0.2, 0.25) is 0 Å². The van der Waals surface area contributed by atoms with Crippen molar-refractivity contribution >= 4 is 59.8 Å². The minimum Gasteiger partial charge on any atom is -0.444 e. The Morgan fingerprint density at radius 3 is 2.00 bits per heavy atom. The summed E-state index contributed by atoms with van der Waals surface area (Å²) in [5.74, 6) is 0. The monoisotopic (exact) mass is 565 g/mol. The van der Waals surface area contributed by atoms with E-state index in [-0.39, 0.29) is 6.09 Å². The molecule has 1 saturated heterocycles. The van der Waals surface area contributed by atoms with Gasteiger partial charge in [0.05, 0.1) is 12.6 Å². The Morgan fingerprint density at radius 2 is 1.50 bits per heavy atom. The number of nitrogens with zero attached hydrogens (tertiary/aromatic N) is 3. The Morgan fingerprint density at radius 1 is 0.969 bits per heavy atom. The number of piperazine rings is 1. The number of carbonyl (C=O) groups excluding carboxylic acids is 1. The second kappa shape index (κ2) is 9.33. The number of aliphatic hydroxyl groups is 1. The van der Waals surface area contributed by atoms with E-state index in [1.807, 2.05) is 32.9 Å². The van der Waals surface area contributed by atoms with Crippen LogP contribution in [0.5, 0.6) is 0 Å². The Kier molecular flexibility index (Phi) is 6.86. The molecule has 0 saturated carbocycles. The third-order valence-electron chi connectivity index (χ3n) is 5.68. The summed E-state index contributed by atoms with van der Waals surface area (Å²) in [7, 11) is 0. The number of aliphatic hydroxyl groups excluding tert-OH is 1. The van der Waals surface area contributed by atoms with Gasteiger partial charge in [0.2, 0.25) is 0 Å². The molecule has 0 radical (unpaired) electrons. The Hall–Kier alpha value is -1.61. The number of β-amino-alcohol motifs (C(OH)–C–C–N with tert-alkyl or cyclic N) is 1. The fourth-order valence-electron chi connectivity index (χ4n) is 4.25. The number of fused-ring (bicyclic) bond motifs is 3. The molecule has 1 aliphatic rings. The summed E-state index contributed by atoms with van der Waals surface area (Å²) in [6.45, 7) is 9.38. The highest BCUT2D eigenvalue weighted by molar-refractivity contribution is 9.10. The molecule has 8 heteroatoms. The third kappa shape index (κ3) is 5.30. The number of benzene rings is 2. The number of carbonyl (C=O) groups is 1. The van der Waals surface area contributed by atoms with Crippen LogP contribution < -0.4 is 0 Å². The normalized spacial score (nSPS) is 16.6. The lowest BCUT2D eigenvalue weighted by Gasteiger charge is -2.36. The SMILES string of the molecule is CC(C)(C)OC(=O)N1CCN(C[C@H](O)Cn2c3ccc(Br)cc3c3cc(Br)ccc32)CC1. The van der Waals surface area contributed by atoms with Crippen molar-refractivity contribution in [2.24, 2.45) is 0 Å². The summed E-state index contributed by atoms with van der Waals surface area (Å²) >= 11 is 7.16. The third-order valence-corrected chi connectivity index (χ3v) is 6.66.